The van der Waals surface area contributed by atoms with Crippen molar-refractivity contribution in [2.45, 2.75) is 12.8 Å². The van der Waals surface area contributed by atoms with E-state index in [0.29, 0.717) is 12.2 Å². The lowest BCUT2D eigenvalue weighted by molar-refractivity contribution is 0.0368. The summed E-state index contributed by atoms with van der Waals surface area (Å²) in [5, 5.41) is 10.9. The van der Waals surface area contributed by atoms with E-state index in [1.54, 1.807) is 12.1 Å². The molecule has 0 radical (unpaired) electrons. The molecule has 1 heterocycles. The predicted octanol–water partition coefficient (Wildman–Crippen LogP) is 3.03. The van der Waals surface area contributed by atoms with Crippen molar-refractivity contribution in [3.8, 4) is 5.75 Å². The molecule has 0 aromatic heterocycles. The van der Waals surface area contributed by atoms with Gasteiger partial charge in [0.1, 0.15) is 5.75 Å². The number of morpholine rings is 1. The summed E-state index contributed by atoms with van der Waals surface area (Å²) in [5.74, 6) is -0.0746. The van der Waals surface area contributed by atoms with E-state index in [2.05, 4.69) is 4.90 Å². The predicted molar refractivity (Wildman–Crippen MR) is 92.9 cm³/mol. The van der Waals surface area contributed by atoms with Crippen LogP contribution in [0.4, 0.5) is 0 Å². The molecule has 1 fully saturated rings. The Morgan fingerprint density at radius 2 is 1.83 bits per heavy atom. The SMILES string of the molecule is O=C(O)c1ccc2cc(OCCCCN3CCOCC3)ccc2c1. The van der Waals surface area contributed by atoms with Crippen LogP contribution in [0.2, 0.25) is 0 Å². The van der Waals surface area contributed by atoms with Gasteiger partial charge in [0, 0.05) is 13.1 Å². The van der Waals surface area contributed by atoms with Gasteiger partial charge < -0.3 is 14.6 Å². The normalized spacial score (nSPS) is 15.5. The summed E-state index contributed by atoms with van der Waals surface area (Å²) in [6.45, 7) is 5.55. The highest BCUT2D eigenvalue weighted by Gasteiger charge is 2.09. The molecule has 1 N–H and O–H groups in total. The van der Waals surface area contributed by atoms with Crippen LogP contribution in [0, 0.1) is 0 Å². The smallest absolute Gasteiger partial charge is 0.335 e. The van der Waals surface area contributed by atoms with Crippen LogP contribution in [0.1, 0.15) is 23.2 Å². The number of hydrogen-bond donors (Lipinski definition) is 1. The number of rotatable bonds is 7. The Kier molecular flexibility index (Phi) is 5.67. The van der Waals surface area contributed by atoms with Gasteiger partial charge in [-0.25, -0.2) is 4.79 Å². The minimum atomic E-state index is -0.905. The van der Waals surface area contributed by atoms with Gasteiger partial charge in [-0.2, -0.15) is 0 Å². The molecule has 0 saturated carbocycles. The summed E-state index contributed by atoms with van der Waals surface area (Å²) in [6.07, 6.45) is 2.14. The van der Waals surface area contributed by atoms with E-state index in [4.69, 9.17) is 14.6 Å². The van der Waals surface area contributed by atoms with E-state index in [-0.39, 0.29) is 0 Å². The molecule has 0 amide bonds. The fourth-order valence-corrected chi connectivity index (χ4v) is 2.90. The fraction of sp³-hybridized carbons (Fsp3) is 0.421. The number of ether oxygens (including phenoxy) is 2. The molecule has 0 unspecified atom stereocenters. The first-order chi connectivity index (χ1) is 11.7. The molecule has 0 aliphatic carbocycles. The first-order valence-corrected chi connectivity index (χ1v) is 8.42. The zero-order chi connectivity index (χ0) is 16.8. The largest absolute Gasteiger partial charge is 0.494 e. The van der Waals surface area contributed by atoms with E-state index >= 15 is 0 Å². The molecule has 1 aliphatic heterocycles. The first kappa shape index (κ1) is 16.7. The molecule has 2 aromatic carbocycles. The van der Waals surface area contributed by atoms with Crippen LogP contribution in [0.25, 0.3) is 10.8 Å². The summed E-state index contributed by atoms with van der Waals surface area (Å²) >= 11 is 0. The molecule has 5 heteroatoms. The number of fused-ring (bicyclic) bond motifs is 1. The maximum absolute atomic E-state index is 11.0. The van der Waals surface area contributed by atoms with Crippen LogP contribution >= 0.6 is 0 Å². The Morgan fingerprint density at radius 3 is 2.62 bits per heavy atom. The highest BCUT2D eigenvalue weighted by atomic mass is 16.5. The Balaban J connectivity index is 1.46. The van der Waals surface area contributed by atoms with Crippen molar-refractivity contribution >= 4 is 16.7 Å². The van der Waals surface area contributed by atoms with Gasteiger partial charge in [-0.05, 0) is 54.4 Å². The van der Waals surface area contributed by atoms with Crippen molar-refractivity contribution in [1.82, 2.24) is 4.90 Å². The van der Waals surface area contributed by atoms with E-state index < -0.39 is 5.97 Å². The Labute approximate surface area is 141 Å². The zero-order valence-corrected chi connectivity index (χ0v) is 13.7. The second-order valence-corrected chi connectivity index (χ2v) is 6.04. The highest BCUT2D eigenvalue weighted by molar-refractivity contribution is 5.94. The number of benzene rings is 2. The van der Waals surface area contributed by atoms with Crippen molar-refractivity contribution in [2.75, 3.05) is 39.5 Å². The molecule has 1 aliphatic rings. The van der Waals surface area contributed by atoms with Gasteiger partial charge in [-0.15, -0.1) is 0 Å². The fourth-order valence-electron chi connectivity index (χ4n) is 2.90. The lowest BCUT2D eigenvalue weighted by Crippen LogP contribution is -2.36. The lowest BCUT2D eigenvalue weighted by Gasteiger charge is -2.26. The second kappa shape index (κ2) is 8.13. The van der Waals surface area contributed by atoms with Crippen LogP contribution in [-0.4, -0.2) is 55.4 Å². The van der Waals surface area contributed by atoms with Crippen molar-refractivity contribution in [3.05, 3.63) is 42.0 Å². The zero-order valence-electron chi connectivity index (χ0n) is 13.7. The van der Waals surface area contributed by atoms with Gasteiger partial charge in [0.15, 0.2) is 0 Å². The van der Waals surface area contributed by atoms with Crippen LogP contribution in [-0.2, 0) is 4.74 Å². The number of aromatic carboxylic acids is 1. The molecule has 24 heavy (non-hydrogen) atoms. The lowest BCUT2D eigenvalue weighted by atomic mass is 10.1. The van der Waals surface area contributed by atoms with E-state index in [1.165, 1.54) is 0 Å². The number of carboxylic acid groups (broad SMARTS) is 1. The standard InChI is InChI=1S/C19H23NO4/c21-19(22)17-4-3-16-14-18(6-5-15(16)13-17)24-10-2-1-7-20-8-11-23-12-9-20/h3-6,13-14H,1-2,7-12H2,(H,21,22). The van der Waals surface area contributed by atoms with Gasteiger partial charge in [0.25, 0.3) is 0 Å². The van der Waals surface area contributed by atoms with Crippen molar-refractivity contribution in [1.29, 1.82) is 0 Å². The van der Waals surface area contributed by atoms with E-state index in [1.807, 2.05) is 24.3 Å². The summed E-state index contributed by atoms with van der Waals surface area (Å²) in [7, 11) is 0. The number of hydrogen-bond acceptors (Lipinski definition) is 4. The molecule has 5 nitrogen and oxygen atoms in total. The molecule has 3 rings (SSSR count). The first-order valence-electron chi connectivity index (χ1n) is 8.42. The van der Waals surface area contributed by atoms with Gasteiger partial charge in [-0.1, -0.05) is 12.1 Å². The molecule has 0 bridgehead atoms. The second-order valence-electron chi connectivity index (χ2n) is 6.04. The number of unbranched alkanes of at least 4 members (excludes halogenated alkanes) is 1. The van der Waals surface area contributed by atoms with Crippen molar-refractivity contribution in [3.63, 3.8) is 0 Å². The Hall–Kier alpha value is -2.11. The number of carbonyl (C=O) groups is 1. The van der Waals surface area contributed by atoms with Crippen molar-refractivity contribution in [2.24, 2.45) is 0 Å². The van der Waals surface area contributed by atoms with E-state index in [9.17, 15) is 4.79 Å². The third-order valence-corrected chi connectivity index (χ3v) is 4.30. The molecule has 128 valence electrons. The highest BCUT2D eigenvalue weighted by Crippen LogP contribution is 2.22. The van der Waals surface area contributed by atoms with Crippen LogP contribution in [0.15, 0.2) is 36.4 Å². The molecular formula is C19H23NO4. The maximum atomic E-state index is 11.0. The minimum Gasteiger partial charge on any atom is -0.494 e. The third-order valence-electron chi connectivity index (χ3n) is 4.30. The number of nitrogens with zero attached hydrogens (tertiary/aromatic N) is 1. The Bertz CT molecular complexity index is 695. The van der Waals surface area contributed by atoms with Crippen LogP contribution in [0.5, 0.6) is 5.75 Å². The quantitative estimate of drug-likeness (QED) is 0.791. The molecule has 2 aromatic rings. The van der Waals surface area contributed by atoms with Crippen LogP contribution in [0.3, 0.4) is 0 Å². The average Bonchev–Trinajstić information content (AvgIpc) is 2.61. The van der Waals surface area contributed by atoms with Crippen molar-refractivity contribution < 1.29 is 19.4 Å². The van der Waals surface area contributed by atoms with Gasteiger partial charge in [0.2, 0.25) is 0 Å². The summed E-state index contributed by atoms with van der Waals surface area (Å²) in [6, 6.07) is 10.9. The topological polar surface area (TPSA) is 59.0 Å². The van der Waals surface area contributed by atoms with Gasteiger partial charge in [0.05, 0.1) is 25.4 Å². The molecular weight excluding hydrogens is 306 g/mol. The maximum Gasteiger partial charge on any atom is 0.335 e. The van der Waals surface area contributed by atoms with E-state index in [0.717, 1.165) is 62.2 Å². The molecule has 0 spiro atoms. The average molecular weight is 329 g/mol. The minimum absolute atomic E-state index is 0.305. The third kappa shape index (κ3) is 4.46. The monoisotopic (exact) mass is 329 g/mol. The molecule has 0 atom stereocenters. The summed E-state index contributed by atoms with van der Waals surface area (Å²) in [4.78, 5) is 13.4. The summed E-state index contributed by atoms with van der Waals surface area (Å²) in [5.41, 5.74) is 0.305. The van der Waals surface area contributed by atoms with Gasteiger partial charge >= 0.3 is 5.97 Å². The Morgan fingerprint density at radius 1 is 1.08 bits per heavy atom. The summed E-state index contributed by atoms with van der Waals surface area (Å²) < 4.78 is 11.2. The van der Waals surface area contributed by atoms with Crippen LogP contribution < -0.4 is 4.74 Å². The molecule has 1 saturated heterocycles. The van der Waals surface area contributed by atoms with Gasteiger partial charge in [-0.3, -0.25) is 4.90 Å². The number of carboxylic acids is 1.